The molecule has 148 valence electrons. The van der Waals surface area contributed by atoms with Crippen molar-refractivity contribution < 1.29 is 19.1 Å². The number of nitrogens with zero attached hydrogens (tertiary/aromatic N) is 1. The van der Waals surface area contributed by atoms with Gasteiger partial charge in [-0.05, 0) is 25.1 Å². The van der Waals surface area contributed by atoms with Crippen molar-refractivity contribution in [3.8, 4) is 11.5 Å². The Hall–Kier alpha value is -3.88. The molecule has 0 radical (unpaired) electrons. The van der Waals surface area contributed by atoms with Gasteiger partial charge >= 0.3 is 0 Å². The smallest absolute Gasteiger partial charge is 0.272 e. The minimum Gasteiger partial charge on any atom is -0.454 e. The molecule has 1 aliphatic rings. The lowest BCUT2D eigenvalue weighted by Crippen LogP contribution is -2.42. The van der Waals surface area contributed by atoms with Crippen molar-refractivity contribution in [3.05, 3.63) is 58.5 Å². The Bertz CT molecular complexity index is 1160. The summed E-state index contributed by atoms with van der Waals surface area (Å²) >= 11 is 0. The number of anilines is 1. The number of hydrogen-bond donors (Lipinski definition) is 3. The molecule has 0 saturated carbocycles. The summed E-state index contributed by atoms with van der Waals surface area (Å²) in [4.78, 5) is 36.6. The van der Waals surface area contributed by atoms with Crippen LogP contribution in [-0.4, -0.2) is 34.8 Å². The normalized spacial score (nSPS) is 13.1. The summed E-state index contributed by atoms with van der Waals surface area (Å²) in [6.45, 7) is 1.73. The average Bonchev–Trinajstić information content (AvgIpc) is 3.18. The monoisotopic (exact) mass is 394 g/mol. The zero-order chi connectivity index (χ0) is 20.4. The zero-order valence-corrected chi connectivity index (χ0v) is 15.5. The molecular weight excluding hydrogens is 376 g/mol. The summed E-state index contributed by atoms with van der Waals surface area (Å²) in [5.41, 5.74) is 0.649. The first kappa shape index (κ1) is 18.5. The molecule has 4 rings (SSSR count). The predicted molar refractivity (Wildman–Crippen MR) is 105 cm³/mol. The first-order chi connectivity index (χ1) is 14.0. The van der Waals surface area contributed by atoms with Crippen LogP contribution >= 0.6 is 0 Å². The van der Waals surface area contributed by atoms with Crippen LogP contribution in [0.2, 0.25) is 0 Å². The highest BCUT2D eigenvalue weighted by Gasteiger charge is 2.19. The zero-order valence-electron chi connectivity index (χ0n) is 15.5. The van der Waals surface area contributed by atoms with Gasteiger partial charge in [-0.15, -0.1) is 0 Å². The number of nitrogens with one attached hydrogen (secondary N) is 3. The van der Waals surface area contributed by atoms with Crippen molar-refractivity contribution in [1.29, 1.82) is 0 Å². The fourth-order valence-corrected chi connectivity index (χ4v) is 3.04. The van der Waals surface area contributed by atoms with Crippen LogP contribution < -0.4 is 25.7 Å². The molecule has 1 aliphatic heterocycles. The van der Waals surface area contributed by atoms with E-state index in [1.54, 1.807) is 49.4 Å². The van der Waals surface area contributed by atoms with E-state index >= 15 is 0 Å². The second kappa shape index (κ2) is 7.63. The van der Waals surface area contributed by atoms with E-state index in [0.717, 1.165) is 0 Å². The highest BCUT2D eigenvalue weighted by atomic mass is 16.7. The van der Waals surface area contributed by atoms with E-state index in [4.69, 9.17) is 9.47 Å². The maximum Gasteiger partial charge on any atom is 0.272 e. The minimum atomic E-state index is -0.776. The Morgan fingerprint density at radius 3 is 2.72 bits per heavy atom. The Morgan fingerprint density at radius 1 is 1.14 bits per heavy atom. The summed E-state index contributed by atoms with van der Waals surface area (Å²) in [5, 5.41) is 12.8. The van der Waals surface area contributed by atoms with Crippen LogP contribution in [0.5, 0.6) is 11.5 Å². The summed E-state index contributed by atoms with van der Waals surface area (Å²) in [5.74, 6) is 0.403. The van der Waals surface area contributed by atoms with Crippen molar-refractivity contribution in [2.24, 2.45) is 0 Å². The predicted octanol–water partition coefficient (Wildman–Crippen LogP) is 1.34. The molecule has 0 saturated heterocycles. The number of rotatable bonds is 5. The van der Waals surface area contributed by atoms with Crippen LogP contribution in [0, 0.1) is 0 Å². The van der Waals surface area contributed by atoms with E-state index in [1.807, 2.05) is 0 Å². The van der Waals surface area contributed by atoms with Gasteiger partial charge in [-0.25, -0.2) is 5.10 Å². The maximum atomic E-state index is 12.4. The molecule has 3 aromatic rings. The summed E-state index contributed by atoms with van der Waals surface area (Å²) in [6, 6.07) is 11.2. The van der Waals surface area contributed by atoms with Crippen molar-refractivity contribution in [2.75, 3.05) is 12.1 Å². The number of H-pyrrole nitrogens is 1. The third-order valence-corrected chi connectivity index (χ3v) is 4.51. The van der Waals surface area contributed by atoms with Crippen LogP contribution in [0.4, 0.5) is 5.69 Å². The van der Waals surface area contributed by atoms with E-state index in [-0.39, 0.29) is 30.6 Å². The molecule has 9 heteroatoms. The number of ether oxygens (including phenoxy) is 2. The SMILES string of the molecule is CC(NC(=O)Cc1n[nH]c(=O)c2ccccc12)C(=O)Nc1ccc2c(c1)OCO2. The van der Waals surface area contributed by atoms with Gasteiger partial charge < -0.3 is 20.1 Å². The fourth-order valence-electron chi connectivity index (χ4n) is 3.04. The highest BCUT2D eigenvalue weighted by Crippen LogP contribution is 2.34. The van der Waals surface area contributed by atoms with Crippen LogP contribution in [0.3, 0.4) is 0 Å². The number of aromatic amines is 1. The second-order valence-electron chi connectivity index (χ2n) is 6.57. The molecule has 29 heavy (non-hydrogen) atoms. The Kier molecular flexibility index (Phi) is 4.86. The van der Waals surface area contributed by atoms with E-state index in [0.29, 0.717) is 33.7 Å². The molecule has 0 fully saturated rings. The van der Waals surface area contributed by atoms with Crippen molar-refractivity contribution in [2.45, 2.75) is 19.4 Å². The standard InChI is InChI=1S/C20H18N4O5/c1-11(19(26)22-12-6-7-16-17(8-12)29-10-28-16)21-18(25)9-15-13-4-2-3-5-14(13)20(27)24-23-15/h2-8,11H,9-10H2,1H3,(H,21,25)(H,22,26)(H,24,27). The fraction of sp³-hybridized carbons (Fsp3) is 0.200. The lowest BCUT2D eigenvalue weighted by Gasteiger charge is -2.14. The van der Waals surface area contributed by atoms with Crippen LogP contribution in [-0.2, 0) is 16.0 Å². The van der Waals surface area contributed by atoms with Gasteiger partial charge in [0.2, 0.25) is 18.6 Å². The van der Waals surface area contributed by atoms with Crippen molar-refractivity contribution in [1.82, 2.24) is 15.5 Å². The molecule has 1 aromatic heterocycles. The number of amides is 2. The Balaban J connectivity index is 1.40. The molecule has 2 aromatic carbocycles. The number of carbonyl (C=O) groups excluding carboxylic acids is 2. The second-order valence-corrected chi connectivity index (χ2v) is 6.57. The maximum absolute atomic E-state index is 12.4. The number of benzene rings is 2. The molecule has 2 amide bonds. The molecule has 9 nitrogen and oxygen atoms in total. The van der Waals surface area contributed by atoms with Gasteiger partial charge in [0.15, 0.2) is 11.5 Å². The van der Waals surface area contributed by atoms with Crippen LogP contribution in [0.15, 0.2) is 47.3 Å². The average molecular weight is 394 g/mol. The van der Waals surface area contributed by atoms with Gasteiger partial charge in [-0.2, -0.15) is 5.10 Å². The van der Waals surface area contributed by atoms with Gasteiger partial charge in [-0.3, -0.25) is 14.4 Å². The number of aromatic nitrogens is 2. The first-order valence-electron chi connectivity index (χ1n) is 8.97. The van der Waals surface area contributed by atoms with Crippen molar-refractivity contribution >= 4 is 28.3 Å². The third-order valence-electron chi connectivity index (χ3n) is 4.51. The summed E-state index contributed by atoms with van der Waals surface area (Å²) in [6.07, 6.45) is -0.0705. The van der Waals surface area contributed by atoms with Gasteiger partial charge in [0, 0.05) is 17.1 Å². The number of carbonyl (C=O) groups is 2. The van der Waals surface area contributed by atoms with Gasteiger partial charge in [0.05, 0.1) is 17.5 Å². The topological polar surface area (TPSA) is 122 Å². The third kappa shape index (κ3) is 3.88. The molecule has 0 spiro atoms. The van der Waals surface area contributed by atoms with E-state index in [2.05, 4.69) is 20.8 Å². The quantitative estimate of drug-likeness (QED) is 0.600. The minimum absolute atomic E-state index is 0.0705. The van der Waals surface area contributed by atoms with Crippen LogP contribution in [0.1, 0.15) is 12.6 Å². The lowest BCUT2D eigenvalue weighted by molar-refractivity contribution is -0.125. The Morgan fingerprint density at radius 2 is 1.90 bits per heavy atom. The van der Waals surface area contributed by atoms with E-state index in [1.165, 1.54) is 0 Å². The van der Waals surface area contributed by atoms with Gasteiger partial charge in [-0.1, -0.05) is 18.2 Å². The van der Waals surface area contributed by atoms with E-state index < -0.39 is 6.04 Å². The van der Waals surface area contributed by atoms with Gasteiger partial charge in [0.25, 0.3) is 5.56 Å². The number of hydrogen-bond acceptors (Lipinski definition) is 6. The van der Waals surface area contributed by atoms with Crippen molar-refractivity contribution in [3.63, 3.8) is 0 Å². The van der Waals surface area contributed by atoms with Crippen LogP contribution in [0.25, 0.3) is 10.8 Å². The highest BCUT2D eigenvalue weighted by molar-refractivity contribution is 5.97. The van der Waals surface area contributed by atoms with E-state index in [9.17, 15) is 14.4 Å². The number of fused-ring (bicyclic) bond motifs is 2. The summed E-state index contributed by atoms with van der Waals surface area (Å²) < 4.78 is 10.5. The molecule has 1 atom stereocenters. The molecule has 0 bridgehead atoms. The Labute approximate surface area is 165 Å². The molecule has 0 aliphatic carbocycles. The first-order valence-corrected chi connectivity index (χ1v) is 8.97. The molecule has 3 N–H and O–H groups in total. The largest absolute Gasteiger partial charge is 0.454 e. The lowest BCUT2D eigenvalue weighted by atomic mass is 10.1. The molecule has 2 heterocycles. The molecule has 1 unspecified atom stereocenters. The van der Waals surface area contributed by atoms with Gasteiger partial charge in [0.1, 0.15) is 6.04 Å². The summed E-state index contributed by atoms with van der Waals surface area (Å²) in [7, 11) is 0. The molecular formula is C20H18N4O5.